The van der Waals surface area contributed by atoms with Gasteiger partial charge in [-0.15, -0.1) is 0 Å². The van der Waals surface area contributed by atoms with Crippen LogP contribution in [0.3, 0.4) is 0 Å². The molecular formula is C35H35FN2O2. The fourth-order valence-corrected chi connectivity index (χ4v) is 5.41. The molecule has 1 N–H and O–H groups in total. The van der Waals surface area contributed by atoms with Crippen LogP contribution in [0.15, 0.2) is 97.1 Å². The van der Waals surface area contributed by atoms with Gasteiger partial charge in [-0.2, -0.15) is 0 Å². The number of carbonyl (C=O) groups excluding carboxylic acids is 2. The number of hydrogen-bond acceptors (Lipinski definition) is 2. The zero-order chi connectivity index (χ0) is 27.7. The second-order valence-electron chi connectivity index (χ2n) is 10.5. The predicted octanol–water partition coefficient (Wildman–Crippen LogP) is 7.50. The molecule has 1 aliphatic heterocycles. The Kier molecular flexibility index (Phi) is 9.02. The number of carbonyl (C=O) groups is 2. The molecule has 0 bridgehead atoms. The van der Waals surface area contributed by atoms with Crippen molar-refractivity contribution in [3.8, 4) is 11.1 Å². The first kappa shape index (κ1) is 27.3. The van der Waals surface area contributed by atoms with Crippen LogP contribution in [0.4, 0.5) is 4.39 Å². The Balaban J connectivity index is 1.03. The number of rotatable bonds is 9. The number of amides is 2. The first-order chi connectivity index (χ1) is 19.6. The van der Waals surface area contributed by atoms with Gasteiger partial charge in [-0.25, -0.2) is 4.39 Å². The minimum Gasteiger partial charge on any atom is -0.353 e. The van der Waals surface area contributed by atoms with Gasteiger partial charge in [0.15, 0.2) is 0 Å². The summed E-state index contributed by atoms with van der Waals surface area (Å²) in [5, 5.41) is 5.13. The number of likely N-dealkylation sites (tertiary alicyclic amines) is 1. The Morgan fingerprint density at radius 1 is 0.850 bits per heavy atom. The van der Waals surface area contributed by atoms with E-state index in [1.54, 1.807) is 18.2 Å². The lowest BCUT2D eigenvalue weighted by molar-refractivity contribution is -0.116. The summed E-state index contributed by atoms with van der Waals surface area (Å²) in [5.41, 5.74) is 2.86. The summed E-state index contributed by atoms with van der Waals surface area (Å²) < 4.78 is 14.6. The van der Waals surface area contributed by atoms with E-state index in [0.29, 0.717) is 18.0 Å². The number of hydrogen-bond donors (Lipinski definition) is 1. The number of fused-ring (bicyclic) bond motifs is 1. The molecule has 1 fully saturated rings. The average Bonchev–Trinajstić information content (AvgIpc) is 3.00. The van der Waals surface area contributed by atoms with Crippen LogP contribution in [0, 0.1) is 11.7 Å². The highest BCUT2D eigenvalue weighted by Crippen LogP contribution is 2.28. The third-order valence-electron chi connectivity index (χ3n) is 7.74. The maximum Gasteiger partial charge on any atom is 0.253 e. The summed E-state index contributed by atoms with van der Waals surface area (Å²) >= 11 is 0. The summed E-state index contributed by atoms with van der Waals surface area (Å²) in [7, 11) is 0. The molecule has 4 aromatic carbocycles. The van der Waals surface area contributed by atoms with E-state index in [4.69, 9.17) is 0 Å². The molecule has 0 spiro atoms. The number of piperidine rings is 1. The molecule has 5 rings (SSSR count). The van der Waals surface area contributed by atoms with Crippen molar-refractivity contribution in [1.82, 2.24) is 10.2 Å². The fourth-order valence-electron chi connectivity index (χ4n) is 5.41. The van der Waals surface area contributed by atoms with Crippen molar-refractivity contribution in [2.24, 2.45) is 5.92 Å². The zero-order valence-corrected chi connectivity index (χ0v) is 22.7. The molecule has 1 heterocycles. The molecule has 1 aliphatic rings. The minimum absolute atomic E-state index is 0.125. The van der Waals surface area contributed by atoms with Crippen molar-refractivity contribution in [1.29, 1.82) is 0 Å². The topological polar surface area (TPSA) is 49.4 Å². The third-order valence-corrected chi connectivity index (χ3v) is 7.74. The van der Waals surface area contributed by atoms with Crippen LogP contribution < -0.4 is 5.32 Å². The van der Waals surface area contributed by atoms with E-state index >= 15 is 0 Å². The van der Waals surface area contributed by atoms with Gasteiger partial charge in [-0.05, 0) is 83.5 Å². The molecule has 40 heavy (non-hydrogen) atoms. The Labute approximate surface area is 235 Å². The first-order valence-corrected chi connectivity index (χ1v) is 14.2. The Hall–Kier alpha value is -4.25. The van der Waals surface area contributed by atoms with Crippen molar-refractivity contribution >= 4 is 28.7 Å². The minimum atomic E-state index is -0.287. The van der Waals surface area contributed by atoms with Crippen LogP contribution >= 0.6 is 0 Å². The lowest BCUT2D eigenvalue weighted by Gasteiger charge is -2.32. The lowest BCUT2D eigenvalue weighted by Crippen LogP contribution is -2.38. The van der Waals surface area contributed by atoms with Crippen molar-refractivity contribution in [2.45, 2.75) is 32.1 Å². The molecule has 4 nitrogen and oxygen atoms in total. The van der Waals surface area contributed by atoms with E-state index in [1.165, 1.54) is 12.1 Å². The van der Waals surface area contributed by atoms with Crippen LogP contribution in [0.25, 0.3) is 28.0 Å². The van der Waals surface area contributed by atoms with Gasteiger partial charge in [-0.1, -0.05) is 73.5 Å². The van der Waals surface area contributed by atoms with Crippen LogP contribution in [0.1, 0.15) is 48.0 Å². The van der Waals surface area contributed by atoms with Crippen LogP contribution in [0.2, 0.25) is 0 Å². The predicted molar refractivity (Wildman–Crippen MR) is 160 cm³/mol. The molecule has 0 aliphatic carbocycles. The standard InChI is InChI=1S/C35H35FN2O2/c36-33-17-13-27(24-32(33)31-16-15-28-9-4-5-12-30(28)25-31)14-18-34(39)37-21-7-6-8-26-19-22-38(23-20-26)35(40)29-10-2-1-3-11-29/h1-5,9-18,24-26H,6-8,19-23H2,(H,37,39)/b18-14+. The molecule has 1 saturated heterocycles. The van der Waals surface area contributed by atoms with E-state index in [0.717, 1.165) is 72.7 Å². The van der Waals surface area contributed by atoms with Gasteiger partial charge in [0.1, 0.15) is 5.82 Å². The van der Waals surface area contributed by atoms with Crippen LogP contribution in [0.5, 0.6) is 0 Å². The van der Waals surface area contributed by atoms with E-state index in [9.17, 15) is 14.0 Å². The molecule has 0 unspecified atom stereocenters. The van der Waals surface area contributed by atoms with Crippen molar-refractivity contribution < 1.29 is 14.0 Å². The highest BCUT2D eigenvalue weighted by Gasteiger charge is 2.23. The van der Waals surface area contributed by atoms with Gasteiger partial charge < -0.3 is 10.2 Å². The lowest BCUT2D eigenvalue weighted by atomic mass is 9.91. The zero-order valence-electron chi connectivity index (χ0n) is 22.7. The highest BCUT2D eigenvalue weighted by molar-refractivity contribution is 5.94. The number of halogens is 1. The van der Waals surface area contributed by atoms with Crippen LogP contribution in [-0.2, 0) is 4.79 Å². The van der Waals surface area contributed by atoms with Gasteiger partial charge in [0, 0.05) is 36.8 Å². The van der Waals surface area contributed by atoms with Gasteiger partial charge in [0.25, 0.3) is 5.91 Å². The molecular weight excluding hydrogens is 499 g/mol. The molecule has 0 saturated carbocycles. The van der Waals surface area contributed by atoms with E-state index in [2.05, 4.69) is 5.32 Å². The third kappa shape index (κ3) is 7.03. The molecule has 5 heteroatoms. The molecule has 0 radical (unpaired) electrons. The van der Waals surface area contributed by atoms with E-state index in [1.807, 2.05) is 77.7 Å². The van der Waals surface area contributed by atoms with Gasteiger partial charge >= 0.3 is 0 Å². The highest BCUT2D eigenvalue weighted by atomic mass is 19.1. The largest absolute Gasteiger partial charge is 0.353 e. The molecule has 0 atom stereocenters. The van der Waals surface area contributed by atoms with Crippen molar-refractivity contribution in [3.05, 3.63) is 114 Å². The summed E-state index contributed by atoms with van der Waals surface area (Å²) in [5.74, 6) is 0.320. The Bertz CT molecular complexity index is 1490. The van der Waals surface area contributed by atoms with E-state index in [-0.39, 0.29) is 17.6 Å². The number of benzene rings is 4. The van der Waals surface area contributed by atoms with E-state index < -0.39 is 0 Å². The summed E-state index contributed by atoms with van der Waals surface area (Å²) in [6.07, 6.45) is 8.39. The molecule has 204 valence electrons. The Morgan fingerprint density at radius 2 is 1.60 bits per heavy atom. The van der Waals surface area contributed by atoms with Crippen molar-refractivity contribution in [3.63, 3.8) is 0 Å². The molecule has 2 amide bonds. The first-order valence-electron chi connectivity index (χ1n) is 14.2. The second-order valence-corrected chi connectivity index (χ2v) is 10.5. The summed E-state index contributed by atoms with van der Waals surface area (Å²) in [6.45, 7) is 2.25. The van der Waals surface area contributed by atoms with Gasteiger partial charge in [0.2, 0.25) is 5.91 Å². The second kappa shape index (κ2) is 13.2. The smallest absolute Gasteiger partial charge is 0.253 e. The SMILES string of the molecule is O=C(/C=C/c1ccc(F)c(-c2ccc3ccccc3c2)c1)NCCCCC1CCN(C(=O)c2ccccc2)CC1. The molecule has 0 aromatic heterocycles. The maximum absolute atomic E-state index is 14.6. The number of unbranched alkanes of at least 4 members (excludes halogenated alkanes) is 1. The molecule has 4 aromatic rings. The maximum atomic E-state index is 14.6. The Morgan fingerprint density at radius 3 is 2.40 bits per heavy atom. The van der Waals surface area contributed by atoms with Gasteiger partial charge in [-0.3, -0.25) is 9.59 Å². The number of nitrogens with zero attached hydrogens (tertiary/aromatic N) is 1. The summed E-state index contributed by atoms with van der Waals surface area (Å²) in [4.78, 5) is 26.9. The van der Waals surface area contributed by atoms with Crippen molar-refractivity contribution in [2.75, 3.05) is 19.6 Å². The monoisotopic (exact) mass is 534 g/mol. The fraction of sp³-hybridized carbons (Fsp3) is 0.257. The van der Waals surface area contributed by atoms with Gasteiger partial charge in [0.05, 0.1) is 0 Å². The van der Waals surface area contributed by atoms with Crippen LogP contribution in [-0.4, -0.2) is 36.3 Å². The quantitative estimate of drug-likeness (QED) is 0.179. The number of nitrogens with one attached hydrogen (secondary N) is 1. The normalized spacial score (nSPS) is 14.1. The average molecular weight is 535 g/mol. The summed E-state index contributed by atoms with van der Waals surface area (Å²) in [6, 6.07) is 28.3.